The molecule has 182 valence electrons. The second-order valence-corrected chi connectivity index (χ2v) is 9.14. The number of benzene rings is 3. The summed E-state index contributed by atoms with van der Waals surface area (Å²) in [7, 11) is 1.50. The van der Waals surface area contributed by atoms with Gasteiger partial charge in [-0.2, -0.15) is 0 Å². The molecular weight excluding hydrogens is 489 g/mol. The third-order valence-corrected chi connectivity index (χ3v) is 5.96. The number of anilines is 2. The molecule has 0 spiro atoms. The van der Waals surface area contributed by atoms with Crippen molar-refractivity contribution in [2.45, 2.75) is 19.9 Å². The van der Waals surface area contributed by atoms with Gasteiger partial charge in [-0.3, -0.25) is 4.79 Å². The maximum atomic E-state index is 12.8. The van der Waals surface area contributed by atoms with Crippen LogP contribution in [0.1, 0.15) is 24.2 Å². The highest BCUT2D eigenvalue weighted by Gasteiger charge is 2.30. The summed E-state index contributed by atoms with van der Waals surface area (Å²) in [5, 5.41) is 15.6. The van der Waals surface area contributed by atoms with Crippen LogP contribution >= 0.6 is 23.2 Å². The van der Waals surface area contributed by atoms with Gasteiger partial charge in [0.25, 0.3) is 5.91 Å². The Morgan fingerprint density at radius 1 is 0.857 bits per heavy atom. The molecule has 3 amide bonds. The largest absolute Gasteiger partial charge is 0.480 e. The minimum Gasteiger partial charge on any atom is -0.480 e. The second-order valence-electron chi connectivity index (χ2n) is 8.30. The van der Waals surface area contributed by atoms with Crippen LogP contribution < -0.4 is 10.6 Å². The minimum atomic E-state index is -1.04. The Morgan fingerprint density at radius 2 is 1.43 bits per heavy atom. The Hall–Kier alpha value is -3.55. The van der Waals surface area contributed by atoms with Gasteiger partial charge in [0, 0.05) is 23.3 Å². The number of hydrogen-bond acceptors (Lipinski definition) is 3. The lowest BCUT2D eigenvalue weighted by Gasteiger charge is -2.27. The number of rotatable bonds is 7. The minimum absolute atomic E-state index is 0.224. The molecule has 35 heavy (non-hydrogen) atoms. The lowest BCUT2D eigenvalue weighted by atomic mass is 10.0. The molecule has 0 aromatic heterocycles. The van der Waals surface area contributed by atoms with Crippen LogP contribution in [-0.2, 0) is 4.79 Å². The van der Waals surface area contributed by atoms with E-state index in [9.17, 15) is 19.5 Å². The monoisotopic (exact) mass is 513 g/mol. The Balaban J connectivity index is 1.65. The van der Waals surface area contributed by atoms with Crippen molar-refractivity contribution in [1.29, 1.82) is 0 Å². The van der Waals surface area contributed by atoms with Gasteiger partial charge in [-0.05, 0) is 59.5 Å². The van der Waals surface area contributed by atoms with E-state index in [0.29, 0.717) is 27.0 Å². The van der Waals surface area contributed by atoms with E-state index in [2.05, 4.69) is 10.6 Å². The lowest BCUT2D eigenvalue weighted by Crippen LogP contribution is -2.45. The first-order valence-electron chi connectivity index (χ1n) is 10.8. The van der Waals surface area contributed by atoms with Gasteiger partial charge in [0.05, 0.1) is 10.7 Å². The molecule has 0 aliphatic carbocycles. The molecule has 0 unspecified atom stereocenters. The van der Waals surface area contributed by atoms with Crippen LogP contribution in [0.25, 0.3) is 11.1 Å². The van der Waals surface area contributed by atoms with Gasteiger partial charge in [0.15, 0.2) is 0 Å². The summed E-state index contributed by atoms with van der Waals surface area (Å²) in [5.74, 6) is -1.62. The van der Waals surface area contributed by atoms with Crippen LogP contribution in [0.3, 0.4) is 0 Å². The van der Waals surface area contributed by atoms with Crippen molar-refractivity contribution in [2.75, 3.05) is 17.7 Å². The molecule has 0 heterocycles. The Kier molecular flexibility index (Phi) is 8.38. The zero-order valence-electron chi connectivity index (χ0n) is 19.4. The fourth-order valence-electron chi connectivity index (χ4n) is 3.65. The van der Waals surface area contributed by atoms with Crippen molar-refractivity contribution in [3.8, 4) is 11.1 Å². The number of amides is 3. The first-order valence-corrected chi connectivity index (χ1v) is 11.6. The van der Waals surface area contributed by atoms with Crippen LogP contribution in [0.4, 0.5) is 16.2 Å². The number of aliphatic carboxylic acids is 1. The van der Waals surface area contributed by atoms with Gasteiger partial charge in [0.2, 0.25) is 0 Å². The molecule has 0 radical (unpaired) electrons. The summed E-state index contributed by atoms with van der Waals surface area (Å²) < 4.78 is 0. The molecule has 3 aromatic carbocycles. The number of nitrogens with zero attached hydrogens (tertiary/aromatic N) is 1. The number of halogens is 2. The Labute approximate surface area is 213 Å². The number of carboxylic acid groups (broad SMARTS) is 1. The molecule has 3 N–H and O–H groups in total. The van der Waals surface area contributed by atoms with Crippen molar-refractivity contribution in [1.82, 2.24) is 4.90 Å². The van der Waals surface area contributed by atoms with E-state index in [0.717, 1.165) is 11.1 Å². The van der Waals surface area contributed by atoms with E-state index in [-0.39, 0.29) is 11.8 Å². The first-order chi connectivity index (χ1) is 16.6. The van der Waals surface area contributed by atoms with Crippen LogP contribution in [-0.4, -0.2) is 41.0 Å². The topological polar surface area (TPSA) is 98.7 Å². The summed E-state index contributed by atoms with van der Waals surface area (Å²) in [5.41, 5.74) is 3.17. The first kappa shape index (κ1) is 26.1. The van der Waals surface area contributed by atoms with E-state index < -0.39 is 18.0 Å². The summed E-state index contributed by atoms with van der Waals surface area (Å²) in [4.78, 5) is 37.8. The summed E-state index contributed by atoms with van der Waals surface area (Å²) in [6.45, 7) is 3.53. The number of carbonyl (C=O) groups excluding carboxylic acids is 2. The highest BCUT2D eigenvalue weighted by atomic mass is 35.5. The van der Waals surface area contributed by atoms with Crippen LogP contribution in [0, 0.1) is 5.92 Å². The van der Waals surface area contributed by atoms with Crippen molar-refractivity contribution in [3.63, 3.8) is 0 Å². The van der Waals surface area contributed by atoms with E-state index in [1.807, 2.05) is 12.1 Å². The number of nitrogens with one attached hydrogen (secondary N) is 2. The van der Waals surface area contributed by atoms with E-state index in [4.69, 9.17) is 23.2 Å². The molecule has 0 saturated carbocycles. The molecule has 9 heteroatoms. The van der Waals surface area contributed by atoms with Gasteiger partial charge in [-0.15, -0.1) is 0 Å². The summed E-state index contributed by atoms with van der Waals surface area (Å²) in [6.07, 6.45) is 0. The predicted octanol–water partition coefficient (Wildman–Crippen LogP) is 6.49. The third kappa shape index (κ3) is 6.53. The van der Waals surface area contributed by atoms with E-state index in [1.54, 1.807) is 68.4 Å². The molecule has 0 aliphatic rings. The maximum absolute atomic E-state index is 12.8. The normalized spacial score (nSPS) is 11.6. The number of hydrogen-bond donors (Lipinski definition) is 3. The van der Waals surface area contributed by atoms with Crippen molar-refractivity contribution in [3.05, 3.63) is 82.3 Å². The average Bonchev–Trinajstić information content (AvgIpc) is 2.80. The number of likely N-dealkylation sites (N-methyl/N-ethyl adjacent to an activating group) is 1. The van der Waals surface area contributed by atoms with Crippen LogP contribution in [0.15, 0.2) is 66.7 Å². The molecule has 1 atom stereocenters. The van der Waals surface area contributed by atoms with Crippen LogP contribution in [0.5, 0.6) is 0 Å². The zero-order valence-corrected chi connectivity index (χ0v) is 20.9. The Bertz CT molecular complexity index is 1230. The van der Waals surface area contributed by atoms with Crippen molar-refractivity contribution in [2.24, 2.45) is 5.92 Å². The number of carboxylic acids is 1. The highest BCUT2D eigenvalue weighted by Crippen LogP contribution is 2.26. The molecule has 7 nitrogen and oxygen atoms in total. The van der Waals surface area contributed by atoms with Gasteiger partial charge < -0.3 is 20.6 Å². The third-order valence-electron chi connectivity index (χ3n) is 5.41. The molecule has 0 bridgehead atoms. The van der Waals surface area contributed by atoms with Crippen molar-refractivity contribution < 1.29 is 19.5 Å². The standard InChI is InChI=1S/C26H25Cl2N3O4/c1-15(2)23(25(33)34)31(3)24(32)18-6-4-16(5-7-18)17-8-11-20(12-9-17)29-26(35)30-22-13-10-19(27)14-21(22)28/h4-15,23H,1-3H3,(H,33,34)(H2,29,30,35)/t23-/m0/s1. The molecule has 0 aliphatic heterocycles. The molecule has 0 fully saturated rings. The molecule has 0 saturated heterocycles. The highest BCUT2D eigenvalue weighted by molar-refractivity contribution is 6.36. The smallest absolute Gasteiger partial charge is 0.326 e. The average molecular weight is 514 g/mol. The van der Waals surface area contributed by atoms with E-state index in [1.165, 1.54) is 11.9 Å². The van der Waals surface area contributed by atoms with Gasteiger partial charge in [0.1, 0.15) is 6.04 Å². The van der Waals surface area contributed by atoms with E-state index >= 15 is 0 Å². The molecule has 3 rings (SSSR count). The predicted molar refractivity (Wildman–Crippen MR) is 139 cm³/mol. The van der Waals surface area contributed by atoms with Gasteiger partial charge >= 0.3 is 12.0 Å². The van der Waals surface area contributed by atoms with Gasteiger partial charge in [-0.25, -0.2) is 9.59 Å². The molecule has 3 aromatic rings. The molecular formula is C26H25Cl2N3O4. The SMILES string of the molecule is CC(C)[C@@H](C(=O)O)N(C)C(=O)c1ccc(-c2ccc(NC(=O)Nc3ccc(Cl)cc3Cl)cc2)cc1. The number of carbonyl (C=O) groups is 3. The summed E-state index contributed by atoms with van der Waals surface area (Å²) in [6, 6.07) is 17.5. The Morgan fingerprint density at radius 3 is 1.94 bits per heavy atom. The zero-order chi connectivity index (χ0) is 25.7. The fraction of sp³-hybridized carbons (Fsp3) is 0.192. The lowest BCUT2D eigenvalue weighted by molar-refractivity contribution is -0.143. The van der Waals surface area contributed by atoms with Crippen LogP contribution in [0.2, 0.25) is 10.0 Å². The quantitative estimate of drug-likeness (QED) is 0.336. The van der Waals surface area contributed by atoms with Crippen molar-refractivity contribution >= 4 is 52.5 Å². The second kappa shape index (κ2) is 11.3. The maximum Gasteiger partial charge on any atom is 0.326 e. The number of urea groups is 1. The fourth-order valence-corrected chi connectivity index (χ4v) is 4.11. The van der Waals surface area contributed by atoms with Gasteiger partial charge in [-0.1, -0.05) is 61.3 Å². The summed E-state index contributed by atoms with van der Waals surface area (Å²) >= 11 is 11.9.